The fraction of sp³-hybridized carbons (Fsp3) is 0.636. The van der Waals surface area contributed by atoms with Crippen molar-refractivity contribution in [1.29, 1.82) is 0 Å². The smallest absolute Gasteiger partial charge is 0.258 e. The number of aromatic amines is 1. The average Bonchev–Trinajstić information content (AvgIpc) is 2.12. The van der Waals surface area contributed by atoms with Crippen LogP contribution in [0.25, 0.3) is 0 Å². The van der Waals surface area contributed by atoms with E-state index in [0.29, 0.717) is 17.8 Å². The van der Waals surface area contributed by atoms with E-state index in [1.807, 2.05) is 13.8 Å². The molecule has 0 fully saturated rings. The molecule has 0 radical (unpaired) electrons. The molecule has 0 amide bonds. The number of aromatic nitrogens is 2. The summed E-state index contributed by atoms with van der Waals surface area (Å²) in [7, 11) is 0. The maximum absolute atomic E-state index is 11.6. The molecule has 0 aromatic carbocycles. The lowest BCUT2D eigenvalue weighted by Gasteiger charge is -2.07. The summed E-state index contributed by atoms with van der Waals surface area (Å²) in [6.07, 6.45) is 2.71. The van der Waals surface area contributed by atoms with E-state index in [0.717, 1.165) is 12.8 Å². The number of unbranched alkanes of at least 4 members (excludes halogenated alkanes) is 1. The van der Waals surface area contributed by atoms with Crippen LogP contribution in [-0.2, 0) is 6.42 Å². The van der Waals surface area contributed by atoms with Crippen LogP contribution in [0, 0.1) is 0 Å². The van der Waals surface area contributed by atoms with Crippen molar-refractivity contribution in [1.82, 2.24) is 9.97 Å². The van der Waals surface area contributed by atoms with Gasteiger partial charge in [0, 0.05) is 6.42 Å². The van der Waals surface area contributed by atoms with Crippen molar-refractivity contribution in [3.05, 3.63) is 21.7 Å². The average molecular weight is 210 g/mol. The predicted molar refractivity (Wildman–Crippen MR) is 59.2 cm³/mol. The summed E-state index contributed by atoms with van der Waals surface area (Å²) in [6.45, 7) is 5.79. The van der Waals surface area contributed by atoms with Gasteiger partial charge in [0.2, 0.25) is 5.88 Å². The van der Waals surface area contributed by atoms with E-state index >= 15 is 0 Å². The molecular formula is C11H18N2O2. The summed E-state index contributed by atoms with van der Waals surface area (Å²) in [5, 5.41) is 9.61. The van der Waals surface area contributed by atoms with Crippen LogP contribution in [0.5, 0.6) is 5.88 Å². The molecule has 0 aliphatic rings. The van der Waals surface area contributed by atoms with Gasteiger partial charge in [0.15, 0.2) is 0 Å². The largest absolute Gasteiger partial charge is 0.493 e. The van der Waals surface area contributed by atoms with Gasteiger partial charge in [-0.1, -0.05) is 27.2 Å². The van der Waals surface area contributed by atoms with Crippen LogP contribution < -0.4 is 5.56 Å². The lowest BCUT2D eigenvalue weighted by atomic mass is 10.1. The van der Waals surface area contributed by atoms with Crippen LogP contribution in [0.2, 0.25) is 0 Å². The highest BCUT2D eigenvalue weighted by atomic mass is 16.3. The molecule has 2 N–H and O–H groups in total. The molecule has 0 saturated carbocycles. The number of rotatable bonds is 4. The number of aryl methyl sites for hydroxylation is 1. The SMILES string of the molecule is CCCCc1nc(O)c(C(C)C)c(=O)[nH]1. The third-order valence-electron chi connectivity index (χ3n) is 2.33. The summed E-state index contributed by atoms with van der Waals surface area (Å²) in [5.41, 5.74) is 0.152. The maximum Gasteiger partial charge on any atom is 0.258 e. The topological polar surface area (TPSA) is 66.0 Å². The summed E-state index contributed by atoms with van der Waals surface area (Å²) < 4.78 is 0. The van der Waals surface area contributed by atoms with Crippen molar-refractivity contribution in [2.45, 2.75) is 46.0 Å². The van der Waals surface area contributed by atoms with Crippen molar-refractivity contribution < 1.29 is 5.11 Å². The second-order valence-electron chi connectivity index (χ2n) is 4.01. The molecular weight excluding hydrogens is 192 g/mol. The highest BCUT2D eigenvalue weighted by Gasteiger charge is 2.13. The first-order valence-electron chi connectivity index (χ1n) is 5.38. The van der Waals surface area contributed by atoms with E-state index in [1.54, 1.807) is 0 Å². The molecule has 1 heterocycles. The Kier molecular flexibility index (Phi) is 3.88. The van der Waals surface area contributed by atoms with Gasteiger partial charge in [0.05, 0.1) is 5.56 Å². The third-order valence-corrected chi connectivity index (χ3v) is 2.33. The minimum Gasteiger partial charge on any atom is -0.493 e. The Morgan fingerprint density at radius 2 is 2.13 bits per heavy atom. The first kappa shape index (κ1) is 11.8. The van der Waals surface area contributed by atoms with Crippen molar-refractivity contribution in [3.8, 4) is 5.88 Å². The van der Waals surface area contributed by atoms with Crippen molar-refractivity contribution in [2.24, 2.45) is 0 Å². The second kappa shape index (κ2) is 4.96. The number of hydrogen-bond acceptors (Lipinski definition) is 3. The zero-order valence-corrected chi connectivity index (χ0v) is 9.50. The van der Waals surface area contributed by atoms with Crippen LogP contribution in [-0.4, -0.2) is 15.1 Å². The Bertz CT molecular complexity index is 383. The minimum atomic E-state index is -0.219. The number of hydrogen-bond donors (Lipinski definition) is 2. The number of nitrogens with one attached hydrogen (secondary N) is 1. The molecule has 4 nitrogen and oxygen atoms in total. The van der Waals surface area contributed by atoms with Gasteiger partial charge in [0.25, 0.3) is 5.56 Å². The number of H-pyrrole nitrogens is 1. The standard InChI is InChI=1S/C11H18N2O2/c1-4-5-6-8-12-10(14)9(7(2)3)11(15)13-8/h7H,4-6H2,1-3H3,(H2,12,13,14,15). The molecule has 0 aliphatic carbocycles. The lowest BCUT2D eigenvalue weighted by molar-refractivity contribution is 0.435. The Balaban J connectivity index is 3.03. The van der Waals surface area contributed by atoms with E-state index in [2.05, 4.69) is 16.9 Å². The Morgan fingerprint density at radius 1 is 1.47 bits per heavy atom. The fourth-order valence-electron chi connectivity index (χ4n) is 1.50. The molecule has 0 unspecified atom stereocenters. The van der Waals surface area contributed by atoms with Crippen LogP contribution in [0.3, 0.4) is 0 Å². The molecule has 0 spiro atoms. The lowest BCUT2D eigenvalue weighted by Crippen LogP contribution is -2.17. The third kappa shape index (κ3) is 2.81. The Morgan fingerprint density at radius 3 is 2.60 bits per heavy atom. The normalized spacial score (nSPS) is 10.9. The first-order chi connectivity index (χ1) is 7.06. The number of nitrogens with zero attached hydrogens (tertiary/aromatic N) is 1. The highest BCUT2D eigenvalue weighted by molar-refractivity contribution is 5.25. The van der Waals surface area contributed by atoms with Gasteiger partial charge in [-0.25, -0.2) is 4.98 Å². The van der Waals surface area contributed by atoms with Gasteiger partial charge >= 0.3 is 0 Å². The molecule has 0 bridgehead atoms. The van der Waals surface area contributed by atoms with Crippen LogP contribution >= 0.6 is 0 Å². The summed E-state index contributed by atoms with van der Waals surface area (Å²) in [4.78, 5) is 18.3. The molecule has 1 aromatic heterocycles. The zero-order valence-electron chi connectivity index (χ0n) is 9.50. The molecule has 1 rings (SSSR count). The van der Waals surface area contributed by atoms with E-state index in [-0.39, 0.29) is 17.4 Å². The molecule has 84 valence electrons. The van der Waals surface area contributed by atoms with Gasteiger partial charge in [-0.3, -0.25) is 4.79 Å². The predicted octanol–water partition coefficient (Wildman–Crippen LogP) is 1.94. The van der Waals surface area contributed by atoms with Gasteiger partial charge in [0.1, 0.15) is 5.82 Å². The molecule has 4 heteroatoms. The fourth-order valence-corrected chi connectivity index (χ4v) is 1.50. The van der Waals surface area contributed by atoms with Crippen LogP contribution in [0.4, 0.5) is 0 Å². The van der Waals surface area contributed by atoms with E-state index in [9.17, 15) is 9.90 Å². The zero-order chi connectivity index (χ0) is 11.4. The molecule has 15 heavy (non-hydrogen) atoms. The second-order valence-corrected chi connectivity index (χ2v) is 4.01. The Labute approximate surface area is 89.4 Å². The van der Waals surface area contributed by atoms with Crippen molar-refractivity contribution in [2.75, 3.05) is 0 Å². The summed E-state index contributed by atoms with van der Waals surface area (Å²) >= 11 is 0. The number of aromatic hydroxyl groups is 1. The summed E-state index contributed by atoms with van der Waals surface area (Å²) in [5.74, 6) is 0.435. The highest BCUT2D eigenvalue weighted by Crippen LogP contribution is 2.18. The van der Waals surface area contributed by atoms with Gasteiger partial charge in [-0.05, 0) is 12.3 Å². The van der Waals surface area contributed by atoms with E-state index in [1.165, 1.54) is 0 Å². The van der Waals surface area contributed by atoms with E-state index < -0.39 is 0 Å². The molecule has 0 saturated heterocycles. The molecule has 1 aromatic rings. The van der Waals surface area contributed by atoms with Gasteiger partial charge < -0.3 is 10.1 Å². The van der Waals surface area contributed by atoms with Crippen molar-refractivity contribution in [3.63, 3.8) is 0 Å². The van der Waals surface area contributed by atoms with Gasteiger partial charge in [-0.15, -0.1) is 0 Å². The molecule has 0 atom stereocenters. The van der Waals surface area contributed by atoms with Crippen molar-refractivity contribution >= 4 is 0 Å². The minimum absolute atomic E-state index is 0.0125. The monoisotopic (exact) mass is 210 g/mol. The first-order valence-corrected chi connectivity index (χ1v) is 5.38. The summed E-state index contributed by atoms with van der Waals surface area (Å²) in [6, 6.07) is 0. The van der Waals surface area contributed by atoms with Crippen LogP contribution in [0.15, 0.2) is 4.79 Å². The maximum atomic E-state index is 11.6. The van der Waals surface area contributed by atoms with E-state index in [4.69, 9.17) is 0 Å². The van der Waals surface area contributed by atoms with Crippen LogP contribution in [0.1, 0.15) is 50.9 Å². The quantitative estimate of drug-likeness (QED) is 0.798. The van der Waals surface area contributed by atoms with Gasteiger partial charge in [-0.2, -0.15) is 0 Å². The Hall–Kier alpha value is -1.32. The molecule has 0 aliphatic heterocycles.